The number of aliphatic hydroxyl groups excluding tert-OH is 1. The summed E-state index contributed by atoms with van der Waals surface area (Å²) in [6, 6.07) is 0.293. The highest BCUT2D eigenvalue weighted by Gasteiger charge is 2.29. The minimum atomic E-state index is -0.205. The van der Waals surface area contributed by atoms with Gasteiger partial charge in [-0.05, 0) is 19.3 Å². The van der Waals surface area contributed by atoms with E-state index in [0.717, 1.165) is 19.3 Å². The highest BCUT2D eigenvalue weighted by molar-refractivity contribution is 7.99. The molecule has 0 saturated heterocycles. The predicted molar refractivity (Wildman–Crippen MR) is 65.6 cm³/mol. The summed E-state index contributed by atoms with van der Waals surface area (Å²) >= 11 is 1.70. The van der Waals surface area contributed by atoms with Crippen LogP contribution >= 0.6 is 11.8 Å². The van der Waals surface area contributed by atoms with Crippen molar-refractivity contribution in [3.8, 4) is 0 Å². The van der Waals surface area contributed by atoms with Crippen molar-refractivity contribution < 1.29 is 14.6 Å². The van der Waals surface area contributed by atoms with Crippen molar-refractivity contribution in [2.75, 3.05) is 19.5 Å². The van der Waals surface area contributed by atoms with E-state index in [0.29, 0.717) is 17.0 Å². The van der Waals surface area contributed by atoms with Gasteiger partial charge in [0.2, 0.25) is 0 Å². The molecule has 2 unspecified atom stereocenters. The summed E-state index contributed by atoms with van der Waals surface area (Å²) in [5.41, 5.74) is 0. The molecule has 2 atom stereocenters. The van der Waals surface area contributed by atoms with E-state index in [2.05, 4.69) is 12.2 Å². The lowest BCUT2D eigenvalue weighted by molar-refractivity contribution is -0.142. The van der Waals surface area contributed by atoms with Crippen LogP contribution in [-0.2, 0) is 9.53 Å². The molecule has 5 heteroatoms. The first-order valence-corrected chi connectivity index (χ1v) is 6.78. The van der Waals surface area contributed by atoms with Crippen LogP contribution in [0.25, 0.3) is 0 Å². The first-order valence-electron chi connectivity index (χ1n) is 5.73. The maximum Gasteiger partial charge on any atom is 0.323 e. The highest BCUT2D eigenvalue weighted by Crippen LogP contribution is 2.22. The minimum absolute atomic E-state index is 0.185. The molecule has 0 aromatic carbocycles. The zero-order chi connectivity index (χ0) is 12.0. The van der Waals surface area contributed by atoms with Crippen molar-refractivity contribution >= 4 is 17.7 Å². The van der Waals surface area contributed by atoms with Crippen LogP contribution < -0.4 is 5.32 Å². The van der Waals surface area contributed by atoms with E-state index in [-0.39, 0.29) is 18.6 Å². The van der Waals surface area contributed by atoms with Gasteiger partial charge < -0.3 is 15.2 Å². The molecule has 0 aromatic heterocycles. The van der Waals surface area contributed by atoms with Crippen LogP contribution in [0.3, 0.4) is 0 Å². The molecular formula is C11H21NO3S. The minimum Gasteiger partial charge on any atom is -0.468 e. The first-order chi connectivity index (χ1) is 7.67. The Bertz CT molecular complexity index is 221. The highest BCUT2D eigenvalue weighted by atomic mass is 32.2. The Hall–Kier alpha value is -0.260. The maximum absolute atomic E-state index is 11.5. The average Bonchev–Trinajstić information content (AvgIpc) is 3.07. The molecule has 1 rings (SSSR count). The molecule has 0 amide bonds. The summed E-state index contributed by atoms with van der Waals surface area (Å²) in [6.45, 7) is 2.26. The Kier molecular flexibility index (Phi) is 6.16. The summed E-state index contributed by atoms with van der Waals surface area (Å²) in [5, 5.41) is 12.4. The number of nitrogens with one attached hydrogen (secondary N) is 1. The normalized spacial score (nSPS) is 19.2. The van der Waals surface area contributed by atoms with Crippen LogP contribution in [0.5, 0.6) is 0 Å². The summed E-state index contributed by atoms with van der Waals surface area (Å²) < 4.78 is 4.77. The molecular weight excluding hydrogens is 226 g/mol. The summed E-state index contributed by atoms with van der Waals surface area (Å²) in [7, 11) is 1.42. The van der Waals surface area contributed by atoms with Crippen molar-refractivity contribution in [1.82, 2.24) is 5.32 Å². The van der Waals surface area contributed by atoms with Gasteiger partial charge in [0.15, 0.2) is 0 Å². The Balaban J connectivity index is 2.27. The molecule has 94 valence electrons. The van der Waals surface area contributed by atoms with Crippen molar-refractivity contribution in [3.63, 3.8) is 0 Å². The number of hydrogen-bond acceptors (Lipinski definition) is 5. The SMILES string of the molecule is COC(=O)C(CSC(C)CCO)NC1CC1. The summed E-state index contributed by atoms with van der Waals surface area (Å²) in [5.74, 6) is 0.528. The van der Waals surface area contributed by atoms with E-state index in [1.165, 1.54) is 7.11 Å². The molecule has 0 radical (unpaired) electrons. The van der Waals surface area contributed by atoms with Crippen molar-refractivity contribution in [3.05, 3.63) is 0 Å². The summed E-state index contributed by atoms with van der Waals surface area (Å²) in [6.07, 6.45) is 3.08. The van der Waals surface area contributed by atoms with E-state index in [1.807, 2.05) is 0 Å². The number of carbonyl (C=O) groups excluding carboxylic acids is 1. The number of rotatable bonds is 8. The van der Waals surface area contributed by atoms with Crippen LogP contribution in [0.2, 0.25) is 0 Å². The van der Waals surface area contributed by atoms with E-state index < -0.39 is 0 Å². The van der Waals surface area contributed by atoms with Gasteiger partial charge in [0.1, 0.15) is 6.04 Å². The largest absolute Gasteiger partial charge is 0.468 e. The number of methoxy groups -OCH3 is 1. The van der Waals surface area contributed by atoms with Gasteiger partial charge >= 0.3 is 5.97 Å². The van der Waals surface area contributed by atoms with Gasteiger partial charge in [-0.1, -0.05) is 6.92 Å². The fourth-order valence-corrected chi connectivity index (χ4v) is 2.41. The van der Waals surface area contributed by atoms with Crippen molar-refractivity contribution in [2.24, 2.45) is 0 Å². The second-order valence-electron chi connectivity index (χ2n) is 4.17. The van der Waals surface area contributed by atoms with Gasteiger partial charge in [-0.15, -0.1) is 0 Å². The third-order valence-corrected chi connectivity index (χ3v) is 3.91. The first kappa shape index (κ1) is 13.8. The number of hydrogen-bond donors (Lipinski definition) is 2. The van der Waals surface area contributed by atoms with Crippen LogP contribution in [0.15, 0.2) is 0 Å². The monoisotopic (exact) mass is 247 g/mol. The molecule has 4 nitrogen and oxygen atoms in total. The topological polar surface area (TPSA) is 58.6 Å². The molecule has 0 aromatic rings. The number of carbonyl (C=O) groups is 1. The molecule has 0 aliphatic heterocycles. The Morgan fingerprint density at radius 1 is 1.62 bits per heavy atom. The van der Waals surface area contributed by atoms with Crippen LogP contribution in [-0.4, -0.2) is 47.9 Å². The zero-order valence-electron chi connectivity index (χ0n) is 9.94. The molecule has 1 saturated carbocycles. The fraction of sp³-hybridized carbons (Fsp3) is 0.909. The Morgan fingerprint density at radius 3 is 2.81 bits per heavy atom. The van der Waals surface area contributed by atoms with Crippen LogP contribution in [0.1, 0.15) is 26.2 Å². The van der Waals surface area contributed by atoms with Gasteiger partial charge in [0, 0.05) is 23.7 Å². The fourth-order valence-electron chi connectivity index (χ4n) is 1.39. The number of thioether (sulfide) groups is 1. The zero-order valence-corrected chi connectivity index (χ0v) is 10.8. The molecule has 0 heterocycles. The molecule has 1 aliphatic rings. The van der Waals surface area contributed by atoms with E-state index in [9.17, 15) is 4.79 Å². The van der Waals surface area contributed by atoms with Crippen molar-refractivity contribution in [1.29, 1.82) is 0 Å². The summed E-state index contributed by atoms with van der Waals surface area (Å²) in [4.78, 5) is 11.5. The van der Waals surface area contributed by atoms with E-state index >= 15 is 0 Å². The number of aliphatic hydroxyl groups is 1. The lowest BCUT2D eigenvalue weighted by Gasteiger charge is -2.17. The van der Waals surface area contributed by atoms with E-state index in [4.69, 9.17) is 9.84 Å². The quantitative estimate of drug-likeness (QED) is 0.621. The molecule has 2 N–H and O–H groups in total. The van der Waals surface area contributed by atoms with Gasteiger partial charge in [0.05, 0.1) is 7.11 Å². The average molecular weight is 247 g/mol. The van der Waals surface area contributed by atoms with Gasteiger partial charge in [-0.3, -0.25) is 4.79 Å². The third-order valence-electron chi connectivity index (χ3n) is 2.58. The van der Waals surface area contributed by atoms with Gasteiger partial charge in [0.25, 0.3) is 0 Å². The lowest BCUT2D eigenvalue weighted by Crippen LogP contribution is -2.41. The van der Waals surface area contributed by atoms with E-state index in [1.54, 1.807) is 11.8 Å². The molecule has 16 heavy (non-hydrogen) atoms. The third kappa shape index (κ3) is 5.18. The molecule has 0 bridgehead atoms. The van der Waals surface area contributed by atoms with Crippen molar-refractivity contribution in [2.45, 2.75) is 43.5 Å². The van der Waals surface area contributed by atoms with Gasteiger partial charge in [-0.2, -0.15) is 11.8 Å². The Morgan fingerprint density at radius 2 is 2.31 bits per heavy atom. The standard InChI is InChI=1S/C11H21NO3S/c1-8(5-6-13)16-7-10(11(14)15-2)12-9-3-4-9/h8-10,12-13H,3-7H2,1-2H3. The number of ether oxygens (including phenoxy) is 1. The number of esters is 1. The second kappa shape index (κ2) is 7.14. The molecule has 1 fully saturated rings. The van der Waals surface area contributed by atoms with Crippen LogP contribution in [0, 0.1) is 0 Å². The maximum atomic E-state index is 11.5. The van der Waals surface area contributed by atoms with Crippen LogP contribution in [0.4, 0.5) is 0 Å². The molecule has 1 aliphatic carbocycles. The second-order valence-corrected chi connectivity index (χ2v) is 5.64. The van der Waals surface area contributed by atoms with Gasteiger partial charge in [-0.25, -0.2) is 0 Å². The predicted octanol–water partition coefficient (Wildman–Crippen LogP) is 0.784. The lowest BCUT2D eigenvalue weighted by atomic mass is 10.3. The Labute approximate surface area is 101 Å². The molecule has 0 spiro atoms. The smallest absolute Gasteiger partial charge is 0.323 e.